The number of ether oxygens (including phenoxy) is 3. The molecule has 0 saturated carbocycles. The minimum absolute atomic E-state index is 0.0924. The van der Waals surface area contributed by atoms with Gasteiger partial charge < -0.3 is 14.2 Å². The Bertz CT molecular complexity index is 1400. The highest BCUT2D eigenvalue weighted by Crippen LogP contribution is 2.16. The first-order chi connectivity index (χ1) is 36.0. The van der Waals surface area contributed by atoms with Crippen LogP contribution in [0.25, 0.3) is 0 Å². The van der Waals surface area contributed by atoms with E-state index in [4.69, 9.17) is 14.2 Å². The fraction of sp³-hybridized carbons (Fsp3) is 0.746. The lowest BCUT2D eigenvalue weighted by Gasteiger charge is -2.18. The van der Waals surface area contributed by atoms with Gasteiger partial charge in [0, 0.05) is 19.3 Å². The molecule has 0 saturated heterocycles. The quantitative estimate of drug-likeness (QED) is 0.0261. The number of allylic oxidation sites excluding steroid dienone is 14. The molecule has 0 aliphatic heterocycles. The molecule has 0 spiro atoms. The minimum Gasteiger partial charge on any atom is -0.462 e. The number of unbranched alkanes of at least 4 members (excludes halogenated alkanes) is 31. The third-order valence-corrected chi connectivity index (χ3v) is 13.4. The molecule has 0 aromatic carbocycles. The number of hydrogen-bond acceptors (Lipinski definition) is 6. The van der Waals surface area contributed by atoms with Crippen molar-refractivity contribution < 1.29 is 28.6 Å². The van der Waals surface area contributed by atoms with E-state index >= 15 is 0 Å². The van der Waals surface area contributed by atoms with E-state index in [9.17, 15) is 14.4 Å². The van der Waals surface area contributed by atoms with Crippen molar-refractivity contribution in [2.24, 2.45) is 0 Å². The highest BCUT2D eigenvalue weighted by Gasteiger charge is 2.19. The molecule has 0 aromatic heterocycles. The SMILES string of the molecule is CC/C=C\C/C=C\C/C=C\C/C=C\C/C=C\C/C=C\CCCCC(=O)OCC(COC(=O)CCCCCCC/C=C\CCCCCCCCC)OC(=O)CCCCCCCCCCCCCCCCCCCC. The molecular weight excluding hydrogens is 901 g/mol. The van der Waals surface area contributed by atoms with Gasteiger partial charge in [0.15, 0.2) is 6.10 Å². The Morgan fingerprint density at radius 3 is 0.877 bits per heavy atom. The van der Waals surface area contributed by atoms with E-state index in [2.05, 4.69) is 106 Å². The zero-order valence-corrected chi connectivity index (χ0v) is 48.1. The summed E-state index contributed by atoms with van der Waals surface area (Å²) in [5, 5.41) is 0. The summed E-state index contributed by atoms with van der Waals surface area (Å²) in [5.41, 5.74) is 0. The van der Waals surface area contributed by atoms with Gasteiger partial charge in [0.05, 0.1) is 0 Å². The molecular formula is C67H116O6. The third-order valence-electron chi connectivity index (χ3n) is 13.4. The van der Waals surface area contributed by atoms with Crippen molar-refractivity contribution >= 4 is 17.9 Å². The molecule has 0 rings (SSSR count). The lowest BCUT2D eigenvalue weighted by Crippen LogP contribution is -2.30. The smallest absolute Gasteiger partial charge is 0.306 e. The van der Waals surface area contributed by atoms with Gasteiger partial charge in [-0.2, -0.15) is 0 Å². The number of esters is 3. The second-order valence-corrected chi connectivity index (χ2v) is 20.6. The minimum atomic E-state index is -0.798. The topological polar surface area (TPSA) is 78.9 Å². The molecule has 0 aliphatic rings. The van der Waals surface area contributed by atoms with Gasteiger partial charge in [0.2, 0.25) is 0 Å². The van der Waals surface area contributed by atoms with E-state index in [0.29, 0.717) is 19.3 Å². The Morgan fingerprint density at radius 1 is 0.288 bits per heavy atom. The molecule has 0 N–H and O–H groups in total. The second-order valence-electron chi connectivity index (χ2n) is 20.6. The molecule has 0 aliphatic carbocycles. The second kappa shape index (κ2) is 61.1. The van der Waals surface area contributed by atoms with Crippen LogP contribution in [0, 0.1) is 0 Å². The fourth-order valence-electron chi connectivity index (χ4n) is 8.74. The van der Waals surface area contributed by atoms with Crippen molar-refractivity contribution in [2.75, 3.05) is 13.2 Å². The molecule has 6 nitrogen and oxygen atoms in total. The molecule has 0 fully saturated rings. The standard InChI is InChI=1S/C67H116O6/c1-4-7-10-13-16-19-22-25-28-31-33-34-35-37-39-42-45-48-51-54-57-60-66(69)72-63-64(62-71-65(68)59-56-53-50-47-44-41-38-30-27-24-21-18-15-12-9-6-3)73-67(70)61-58-55-52-49-46-43-40-36-32-29-26-23-20-17-14-11-8-5-2/h7,10,16,19,25,28,30,33-34,37-39,45,48,64H,4-6,8-9,11-15,17-18,20-24,26-27,29,31-32,35-36,40-44,46-47,49-63H2,1-3H3/b10-7-,19-16-,28-25-,34-33-,38-30-,39-37-,48-45-. The maximum absolute atomic E-state index is 12.9. The van der Waals surface area contributed by atoms with Gasteiger partial charge in [-0.05, 0) is 96.3 Å². The van der Waals surface area contributed by atoms with E-state index in [1.807, 2.05) is 0 Å². The van der Waals surface area contributed by atoms with E-state index in [-0.39, 0.29) is 31.1 Å². The van der Waals surface area contributed by atoms with Crippen LogP contribution >= 0.6 is 0 Å². The summed E-state index contributed by atoms with van der Waals surface area (Å²) < 4.78 is 16.9. The zero-order valence-electron chi connectivity index (χ0n) is 48.1. The van der Waals surface area contributed by atoms with E-state index < -0.39 is 6.10 Å². The van der Waals surface area contributed by atoms with Crippen LogP contribution in [0.4, 0.5) is 0 Å². The normalized spacial score (nSPS) is 12.6. The first-order valence-electron chi connectivity index (χ1n) is 31.1. The molecule has 73 heavy (non-hydrogen) atoms. The van der Waals surface area contributed by atoms with Gasteiger partial charge in [-0.15, -0.1) is 0 Å². The number of rotatable bonds is 56. The van der Waals surface area contributed by atoms with Gasteiger partial charge in [-0.25, -0.2) is 0 Å². The van der Waals surface area contributed by atoms with Crippen LogP contribution in [0.15, 0.2) is 85.1 Å². The molecule has 420 valence electrons. The van der Waals surface area contributed by atoms with Crippen molar-refractivity contribution in [3.63, 3.8) is 0 Å². The lowest BCUT2D eigenvalue weighted by atomic mass is 10.0. The van der Waals surface area contributed by atoms with E-state index in [1.54, 1.807) is 0 Å². The van der Waals surface area contributed by atoms with Gasteiger partial charge in [0.1, 0.15) is 13.2 Å². The van der Waals surface area contributed by atoms with Gasteiger partial charge in [-0.3, -0.25) is 14.4 Å². The number of carbonyl (C=O) groups excluding carboxylic acids is 3. The first-order valence-corrected chi connectivity index (χ1v) is 31.1. The maximum Gasteiger partial charge on any atom is 0.306 e. The monoisotopic (exact) mass is 1020 g/mol. The van der Waals surface area contributed by atoms with E-state index in [0.717, 1.165) is 103 Å². The van der Waals surface area contributed by atoms with Gasteiger partial charge in [-0.1, -0.05) is 273 Å². The number of carbonyl (C=O) groups is 3. The highest BCUT2D eigenvalue weighted by molar-refractivity contribution is 5.71. The van der Waals surface area contributed by atoms with Gasteiger partial charge in [0.25, 0.3) is 0 Å². The Balaban J connectivity index is 4.45. The summed E-state index contributed by atoms with van der Waals surface area (Å²) in [5.74, 6) is -0.932. The summed E-state index contributed by atoms with van der Waals surface area (Å²) in [4.78, 5) is 38.3. The molecule has 0 aromatic rings. The summed E-state index contributed by atoms with van der Waals surface area (Å²) in [7, 11) is 0. The first kappa shape index (κ1) is 69.6. The van der Waals surface area contributed by atoms with Crippen molar-refractivity contribution in [1.29, 1.82) is 0 Å². The Labute approximate surface area is 452 Å². The summed E-state index contributed by atoms with van der Waals surface area (Å²) in [6.07, 6.45) is 80.1. The summed E-state index contributed by atoms with van der Waals surface area (Å²) >= 11 is 0. The lowest BCUT2D eigenvalue weighted by molar-refractivity contribution is -0.167. The van der Waals surface area contributed by atoms with E-state index in [1.165, 1.54) is 161 Å². The molecule has 1 unspecified atom stereocenters. The van der Waals surface area contributed by atoms with Crippen LogP contribution in [0.1, 0.15) is 303 Å². The van der Waals surface area contributed by atoms with Crippen LogP contribution in [-0.2, 0) is 28.6 Å². The summed E-state index contributed by atoms with van der Waals surface area (Å²) in [6, 6.07) is 0. The zero-order chi connectivity index (χ0) is 52.9. The predicted octanol–water partition coefficient (Wildman–Crippen LogP) is 21.1. The number of hydrogen-bond donors (Lipinski definition) is 0. The van der Waals surface area contributed by atoms with Gasteiger partial charge >= 0.3 is 17.9 Å². The van der Waals surface area contributed by atoms with Crippen molar-refractivity contribution in [3.05, 3.63) is 85.1 Å². The largest absolute Gasteiger partial charge is 0.462 e. The third kappa shape index (κ3) is 59.3. The average molecular weight is 1020 g/mol. The molecule has 0 radical (unpaired) electrons. The average Bonchev–Trinajstić information content (AvgIpc) is 3.39. The van der Waals surface area contributed by atoms with Crippen LogP contribution in [-0.4, -0.2) is 37.2 Å². The maximum atomic E-state index is 12.9. The Kier molecular flexibility index (Phi) is 58.3. The molecule has 0 bridgehead atoms. The van der Waals surface area contributed by atoms with Crippen LogP contribution in [0.5, 0.6) is 0 Å². The molecule has 1 atom stereocenters. The predicted molar refractivity (Wildman–Crippen MR) is 316 cm³/mol. The Morgan fingerprint density at radius 2 is 0.534 bits per heavy atom. The molecule has 0 heterocycles. The van der Waals surface area contributed by atoms with Crippen LogP contribution < -0.4 is 0 Å². The van der Waals surface area contributed by atoms with Crippen LogP contribution in [0.2, 0.25) is 0 Å². The van der Waals surface area contributed by atoms with Crippen molar-refractivity contribution in [2.45, 2.75) is 309 Å². The van der Waals surface area contributed by atoms with Crippen LogP contribution in [0.3, 0.4) is 0 Å². The Hall–Kier alpha value is -3.41. The van der Waals surface area contributed by atoms with Crippen molar-refractivity contribution in [3.8, 4) is 0 Å². The summed E-state index contributed by atoms with van der Waals surface area (Å²) in [6.45, 7) is 6.51. The molecule has 0 amide bonds. The highest BCUT2D eigenvalue weighted by atomic mass is 16.6. The molecule has 6 heteroatoms. The fourth-order valence-corrected chi connectivity index (χ4v) is 8.74. The van der Waals surface area contributed by atoms with Crippen molar-refractivity contribution in [1.82, 2.24) is 0 Å².